The number of thiocarbonyl (C=S) groups is 1. The summed E-state index contributed by atoms with van der Waals surface area (Å²) in [6.45, 7) is 2.08. The summed E-state index contributed by atoms with van der Waals surface area (Å²) >= 11 is 5.01. The van der Waals surface area contributed by atoms with Gasteiger partial charge in [-0.05, 0) is 12.8 Å². The second-order valence-electron chi connectivity index (χ2n) is 4.71. The van der Waals surface area contributed by atoms with Gasteiger partial charge in [0.2, 0.25) is 5.91 Å². The third-order valence-corrected chi connectivity index (χ3v) is 4.05. The van der Waals surface area contributed by atoms with Crippen LogP contribution in [0.2, 0.25) is 0 Å². The van der Waals surface area contributed by atoms with Crippen LogP contribution in [0.1, 0.15) is 18.7 Å². The van der Waals surface area contributed by atoms with Crippen LogP contribution in [0, 0.1) is 5.41 Å². The van der Waals surface area contributed by atoms with E-state index in [2.05, 4.69) is 9.55 Å². The van der Waals surface area contributed by atoms with E-state index in [1.165, 1.54) is 0 Å². The monoisotopic (exact) mass is 250 g/mol. The molecule has 1 fully saturated rings. The summed E-state index contributed by atoms with van der Waals surface area (Å²) in [4.78, 5) is 18.8. The Hall–Kier alpha value is -1.43. The third kappa shape index (κ3) is 1.55. The van der Waals surface area contributed by atoms with Gasteiger partial charge in [-0.1, -0.05) is 12.2 Å². The van der Waals surface area contributed by atoms with E-state index in [9.17, 15) is 4.79 Å². The third-order valence-electron chi connectivity index (χ3n) is 3.66. The van der Waals surface area contributed by atoms with Gasteiger partial charge < -0.3 is 15.2 Å². The van der Waals surface area contributed by atoms with Gasteiger partial charge in [-0.15, -0.1) is 0 Å². The predicted molar refractivity (Wildman–Crippen MR) is 66.1 cm³/mol. The van der Waals surface area contributed by atoms with Crippen LogP contribution in [-0.4, -0.2) is 31.9 Å². The zero-order chi connectivity index (χ0) is 12.0. The molecule has 0 unspecified atom stereocenters. The molecule has 0 saturated heterocycles. The van der Waals surface area contributed by atoms with Crippen molar-refractivity contribution in [3.8, 4) is 0 Å². The Morgan fingerprint density at radius 1 is 1.47 bits per heavy atom. The number of carbonyl (C=O) groups excluding carboxylic acids is 1. The highest BCUT2D eigenvalue weighted by Gasteiger charge is 2.54. The smallest absolute Gasteiger partial charge is 0.236 e. The van der Waals surface area contributed by atoms with Gasteiger partial charge in [-0.2, -0.15) is 0 Å². The summed E-state index contributed by atoms with van der Waals surface area (Å²) in [5.74, 6) is 1.02. The number of hydrogen-bond acceptors (Lipinski definition) is 3. The molecule has 1 aliphatic heterocycles. The molecule has 2 aliphatic rings. The van der Waals surface area contributed by atoms with E-state index in [1.807, 2.05) is 11.1 Å². The van der Waals surface area contributed by atoms with E-state index in [0.717, 1.165) is 25.2 Å². The Morgan fingerprint density at radius 2 is 2.24 bits per heavy atom. The molecule has 1 aromatic heterocycles. The zero-order valence-corrected chi connectivity index (χ0v) is 10.2. The number of amides is 1. The lowest BCUT2D eigenvalue weighted by atomic mass is 10.1. The van der Waals surface area contributed by atoms with Crippen molar-refractivity contribution in [3.63, 3.8) is 0 Å². The molecule has 1 aliphatic carbocycles. The lowest BCUT2D eigenvalue weighted by molar-refractivity contribution is -0.136. The molecule has 1 saturated carbocycles. The molecule has 2 heterocycles. The van der Waals surface area contributed by atoms with Gasteiger partial charge in [0.1, 0.15) is 5.82 Å². The number of hydrogen-bond donors (Lipinski definition) is 1. The first-order valence-electron chi connectivity index (χ1n) is 5.73. The highest BCUT2D eigenvalue weighted by Crippen LogP contribution is 2.47. The molecule has 0 spiro atoms. The van der Waals surface area contributed by atoms with Crippen LogP contribution in [0.25, 0.3) is 0 Å². The topological polar surface area (TPSA) is 64.2 Å². The minimum absolute atomic E-state index is 0.0826. The van der Waals surface area contributed by atoms with Crippen LogP contribution in [0.4, 0.5) is 0 Å². The van der Waals surface area contributed by atoms with Crippen molar-refractivity contribution in [3.05, 3.63) is 18.2 Å². The summed E-state index contributed by atoms with van der Waals surface area (Å²) in [6, 6.07) is 0. The number of rotatable bonds is 2. The van der Waals surface area contributed by atoms with Crippen molar-refractivity contribution in [1.82, 2.24) is 14.5 Å². The first-order valence-corrected chi connectivity index (χ1v) is 6.14. The normalized spacial score (nSPS) is 20.8. The zero-order valence-electron chi connectivity index (χ0n) is 9.43. The largest absolute Gasteiger partial charge is 0.392 e. The molecular formula is C11H14N4OS. The van der Waals surface area contributed by atoms with Gasteiger partial charge in [0.15, 0.2) is 0 Å². The number of imidazole rings is 1. The summed E-state index contributed by atoms with van der Waals surface area (Å²) in [6.07, 6.45) is 5.31. The fourth-order valence-electron chi connectivity index (χ4n) is 2.34. The molecule has 0 bridgehead atoms. The predicted octanol–water partition coefficient (Wildman–Crippen LogP) is 0.292. The summed E-state index contributed by atoms with van der Waals surface area (Å²) in [5, 5.41) is 0. The molecule has 17 heavy (non-hydrogen) atoms. The Morgan fingerprint density at radius 3 is 2.88 bits per heavy atom. The molecule has 90 valence electrons. The van der Waals surface area contributed by atoms with E-state index in [-0.39, 0.29) is 5.91 Å². The van der Waals surface area contributed by atoms with Gasteiger partial charge in [0, 0.05) is 25.5 Å². The average molecular weight is 250 g/mol. The first-order chi connectivity index (χ1) is 8.13. The van der Waals surface area contributed by atoms with Gasteiger partial charge in [-0.3, -0.25) is 4.79 Å². The maximum absolute atomic E-state index is 12.4. The van der Waals surface area contributed by atoms with Crippen molar-refractivity contribution in [2.24, 2.45) is 11.1 Å². The van der Waals surface area contributed by atoms with Crippen molar-refractivity contribution in [1.29, 1.82) is 0 Å². The lowest BCUT2D eigenvalue weighted by Crippen LogP contribution is -2.46. The maximum Gasteiger partial charge on any atom is 0.236 e. The van der Waals surface area contributed by atoms with E-state index >= 15 is 0 Å². The molecule has 0 aromatic carbocycles. The lowest BCUT2D eigenvalue weighted by Gasteiger charge is -2.30. The van der Waals surface area contributed by atoms with E-state index in [1.54, 1.807) is 6.20 Å². The highest BCUT2D eigenvalue weighted by atomic mass is 32.1. The second kappa shape index (κ2) is 3.53. The molecule has 5 nitrogen and oxygen atoms in total. The Labute approximate surface area is 105 Å². The van der Waals surface area contributed by atoms with Crippen LogP contribution in [0.15, 0.2) is 12.4 Å². The number of fused-ring (bicyclic) bond motifs is 1. The molecule has 0 radical (unpaired) electrons. The molecular weight excluding hydrogens is 236 g/mol. The standard InChI is InChI=1S/C11H14N4OS/c12-9(17)11(1-2-11)10(16)15-6-5-14-4-3-13-8(14)7-15/h3-4H,1-2,5-7H2,(H2,12,17). The Balaban J connectivity index is 1.79. The summed E-state index contributed by atoms with van der Waals surface area (Å²) in [5.41, 5.74) is 5.14. The molecule has 2 N–H and O–H groups in total. The van der Waals surface area contributed by atoms with Crippen molar-refractivity contribution in [2.45, 2.75) is 25.9 Å². The maximum atomic E-state index is 12.4. The number of nitrogens with zero attached hydrogens (tertiary/aromatic N) is 3. The van der Waals surface area contributed by atoms with Gasteiger partial charge >= 0.3 is 0 Å². The summed E-state index contributed by atoms with van der Waals surface area (Å²) < 4.78 is 2.07. The van der Waals surface area contributed by atoms with E-state index < -0.39 is 5.41 Å². The van der Waals surface area contributed by atoms with Crippen LogP contribution < -0.4 is 5.73 Å². The fraction of sp³-hybridized carbons (Fsp3) is 0.545. The highest BCUT2D eigenvalue weighted by molar-refractivity contribution is 7.80. The molecule has 3 rings (SSSR count). The fourth-order valence-corrected chi connectivity index (χ4v) is 2.63. The van der Waals surface area contributed by atoms with E-state index in [4.69, 9.17) is 18.0 Å². The molecule has 1 amide bonds. The van der Waals surface area contributed by atoms with Crippen LogP contribution >= 0.6 is 12.2 Å². The van der Waals surface area contributed by atoms with Crippen LogP contribution in [0.3, 0.4) is 0 Å². The number of nitrogens with two attached hydrogens (primary N) is 1. The Kier molecular flexibility index (Phi) is 2.22. The Bertz CT molecular complexity index is 491. The number of aromatic nitrogens is 2. The van der Waals surface area contributed by atoms with Gasteiger partial charge in [0.05, 0.1) is 16.9 Å². The van der Waals surface area contributed by atoms with Crippen LogP contribution in [0.5, 0.6) is 0 Å². The first kappa shape index (κ1) is 10.7. The molecule has 0 atom stereocenters. The van der Waals surface area contributed by atoms with Crippen LogP contribution in [-0.2, 0) is 17.9 Å². The van der Waals surface area contributed by atoms with Gasteiger partial charge in [0.25, 0.3) is 0 Å². The van der Waals surface area contributed by atoms with E-state index in [0.29, 0.717) is 18.1 Å². The van der Waals surface area contributed by atoms with Crippen molar-refractivity contribution >= 4 is 23.1 Å². The van der Waals surface area contributed by atoms with Crippen molar-refractivity contribution in [2.75, 3.05) is 6.54 Å². The molecule has 6 heteroatoms. The summed E-state index contributed by atoms with van der Waals surface area (Å²) in [7, 11) is 0. The average Bonchev–Trinajstić information content (AvgIpc) is 3.00. The minimum Gasteiger partial charge on any atom is -0.392 e. The number of carbonyl (C=O) groups is 1. The van der Waals surface area contributed by atoms with Gasteiger partial charge in [-0.25, -0.2) is 4.98 Å². The SMILES string of the molecule is NC(=S)C1(C(=O)N2CCn3ccnc3C2)CC1. The minimum atomic E-state index is -0.538. The molecule has 1 aromatic rings. The quantitative estimate of drug-likeness (QED) is 0.766. The second-order valence-corrected chi connectivity index (χ2v) is 5.15. The van der Waals surface area contributed by atoms with Crippen molar-refractivity contribution < 1.29 is 4.79 Å².